The first-order valence-electron chi connectivity index (χ1n) is 16.5. The van der Waals surface area contributed by atoms with Gasteiger partial charge in [0, 0.05) is 38.2 Å². The van der Waals surface area contributed by atoms with E-state index >= 15 is 0 Å². The molecule has 0 unspecified atom stereocenters. The maximum absolute atomic E-state index is 12.4. The van der Waals surface area contributed by atoms with E-state index in [-0.39, 0.29) is 24.8 Å². The molecule has 3 atom stereocenters. The number of amides is 2. The lowest BCUT2D eigenvalue weighted by molar-refractivity contribution is -0.252. The van der Waals surface area contributed by atoms with Crippen molar-refractivity contribution in [3.63, 3.8) is 0 Å². The number of rotatable bonds is 12. The monoisotopic (exact) mass is 641 g/mol. The maximum atomic E-state index is 12.4. The smallest absolute Gasteiger partial charge is 0.315 e. The van der Waals surface area contributed by atoms with Crippen molar-refractivity contribution in [2.75, 3.05) is 13.6 Å². The number of ether oxygens (including phenoxy) is 2. The number of aliphatic hydroxyl groups is 1. The van der Waals surface area contributed by atoms with Crippen molar-refractivity contribution < 1.29 is 19.4 Å². The number of aliphatic hydroxyl groups excluding tert-OH is 1. The normalized spacial score (nSPS) is 17.6. The first-order valence-corrected chi connectivity index (χ1v) is 16.5. The summed E-state index contributed by atoms with van der Waals surface area (Å²) in [5.41, 5.74) is 8.30. The molecule has 6 rings (SSSR count). The Kier molecular flexibility index (Phi) is 11.3. The average Bonchev–Trinajstić information content (AvgIpc) is 3.14. The van der Waals surface area contributed by atoms with Gasteiger partial charge >= 0.3 is 6.03 Å². The van der Waals surface area contributed by atoms with Crippen LogP contribution in [0.25, 0.3) is 11.1 Å². The Labute approximate surface area is 283 Å². The van der Waals surface area contributed by atoms with Crippen LogP contribution >= 0.6 is 0 Å². The number of hydrogen-bond donors (Lipinski definition) is 3. The second-order valence-electron chi connectivity index (χ2n) is 12.4. The molecule has 0 aliphatic carbocycles. The summed E-state index contributed by atoms with van der Waals surface area (Å²) in [6.07, 6.45) is -0.0276. The highest BCUT2D eigenvalue weighted by atomic mass is 16.7. The summed E-state index contributed by atoms with van der Waals surface area (Å²) in [7, 11) is 2.13. The summed E-state index contributed by atoms with van der Waals surface area (Å²) in [6.45, 7) is 2.49. The van der Waals surface area contributed by atoms with Crippen molar-refractivity contribution in [1.29, 1.82) is 0 Å². The number of carbonyl (C=O) groups excluding carboxylic acids is 1. The molecule has 1 aliphatic heterocycles. The van der Waals surface area contributed by atoms with Gasteiger partial charge in [0.05, 0.1) is 18.8 Å². The van der Waals surface area contributed by atoms with E-state index in [4.69, 9.17) is 9.47 Å². The zero-order valence-corrected chi connectivity index (χ0v) is 27.3. The van der Waals surface area contributed by atoms with Gasteiger partial charge < -0.3 is 25.2 Å². The van der Waals surface area contributed by atoms with Crippen LogP contribution in [0.15, 0.2) is 133 Å². The van der Waals surface area contributed by atoms with Gasteiger partial charge in [-0.05, 0) is 58.1 Å². The van der Waals surface area contributed by atoms with Crippen LogP contribution < -0.4 is 10.6 Å². The highest BCUT2D eigenvalue weighted by molar-refractivity contribution is 5.74. The minimum Gasteiger partial charge on any atom is -0.392 e. The van der Waals surface area contributed by atoms with E-state index in [1.807, 2.05) is 78.9 Å². The molecule has 5 aromatic carbocycles. The van der Waals surface area contributed by atoms with Gasteiger partial charge in [-0.25, -0.2) is 4.79 Å². The predicted molar refractivity (Wildman–Crippen MR) is 189 cm³/mol. The third-order valence-corrected chi connectivity index (χ3v) is 8.59. The van der Waals surface area contributed by atoms with Crippen LogP contribution in [0.3, 0.4) is 0 Å². The molecule has 1 fully saturated rings. The number of nitrogens with one attached hydrogen (secondary N) is 2. The fourth-order valence-electron chi connectivity index (χ4n) is 6.09. The molecule has 5 aromatic rings. The molecule has 2 amide bonds. The van der Waals surface area contributed by atoms with Gasteiger partial charge in [-0.15, -0.1) is 0 Å². The van der Waals surface area contributed by atoms with Gasteiger partial charge in [0.1, 0.15) is 0 Å². The molecule has 0 spiro atoms. The van der Waals surface area contributed by atoms with Gasteiger partial charge in [-0.2, -0.15) is 0 Å². The number of urea groups is 1. The highest BCUT2D eigenvalue weighted by Crippen LogP contribution is 2.39. The topological polar surface area (TPSA) is 83.1 Å². The first kappa shape index (κ1) is 33.1. The van der Waals surface area contributed by atoms with E-state index in [0.29, 0.717) is 13.1 Å². The predicted octanol–water partition coefficient (Wildman–Crippen LogP) is 7.52. The van der Waals surface area contributed by atoms with Crippen LogP contribution in [0.5, 0.6) is 0 Å². The van der Waals surface area contributed by atoms with Crippen molar-refractivity contribution in [1.82, 2.24) is 15.5 Å². The summed E-state index contributed by atoms with van der Waals surface area (Å²) >= 11 is 0. The van der Waals surface area contributed by atoms with Gasteiger partial charge in [0.2, 0.25) is 0 Å². The molecule has 0 aromatic heterocycles. The Balaban J connectivity index is 1.15. The summed E-state index contributed by atoms with van der Waals surface area (Å²) in [5.74, 6) is 0. The molecular formula is C41H43N3O4. The zero-order chi connectivity index (χ0) is 33.1. The Bertz CT molecular complexity index is 1750. The Morgan fingerprint density at radius 2 is 1.31 bits per heavy atom. The van der Waals surface area contributed by atoms with Gasteiger partial charge in [0.15, 0.2) is 6.29 Å². The molecule has 246 valence electrons. The molecule has 1 heterocycles. The molecule has 48 heavy (non-hydrogen) atoms. The third kappa shape index (κ3) is 9.18. The van der Waals surface area contributed by atoms with Crippen LogP contribution in [0, 0.1) is 0 Å². The summed E-state index contributed by atoms with van der Waals surface area (Å²) in [5, 5.41) is 15.4. The number of likely N-dealkylation sites (N-methyl/N-ethyl adjacent to an activating group) is 1. The van der Waals surface area contributed by atoms with Crippen molar-refractivity contribution in [3.05, 3.63) is 167 Å². The van der Waals surface area contributed by atoms with E-state index in [2.05, 4.69) is 77.2 Å². The van der Waals surface area contributed by atoms with Crippen molar-refractivity contribution in [2.24, 2.45) is 0 Å². The fourth-order valence-corrected chi connectivity index (χ4v) is 6.09. The van der Waals surface area contributed by atoms with Crippen LogP contribution in [0.2, 0.25) is 0 Å². The van der Waals surface area contributed by atoms with Crippen LogP contribution in [-0.4, -0.2) is 35.7 Å². The van der Waals surface area contributed by atoms with E-state index in [1.54, 1.807) is 0 Å². The second kappa shape index (κ2) is 16.4. The van der Waals surface area contributed by atoms with E-state index in [1.165, 1.54) is 5.56 Å². The largest absolute Gasteiger partial charge is 0.392 e. The van der Waals surface area contributed by atoms with Gasteiger partial charge in [-0.1, -0.05) is 121 Å². The summed E-state index contributed by atoms with van der Waals surface area (Å²) in [6, 6.07) is 44.6. The Hall–Kier alpha value is -4.79. The SMILES string of the molecule is CN(Cc1ccccc1)C[C@H]1C[C@@H](c2ccc(CO)cc2)O[C@@H](c2cccc(-c3cccc(CNC(=O)NCc4ccccc4)c3)c2)O1. The minimum atomic E-state index is -0.547. The number of nitrogens with zero attached hydrogens (tertiary/aromatic N) is 1. The minimum absolute atomic E-state index is 0.00988. The highest BCUT2D eigenvalue weighted by Gasteiger charge is 2.33. The Morgan fingerprint density at radius 1 is 0.688 bits per heavy atom. The van der Waals surface area contributed by atoms with Gasteiger partial charge in [-0.3, -0.25) is 4.90 Å². The first-order chi connectivity index (χ1) is 23.5. The maximum Gasteiger partial charge on any atom is 0.315 e. The molecule has 1 aliphatic rings. The molecule has 1 saturated heterocycles. The quantitative estimate of drug-likeness (QED) is 0.131. The number of hydrogen-bond acceptors (Lipinski definition) is 5. The molecular weight excluding hydrogens is 598 g/mol. The van der Waals surface area contributed by atoms with Crippen LogP contribution in [0.4, 0.5) is 4.79 Å². The lowest BCUT2D eigenvalue weighted by atomic mass is 9.98. The molecule has 3 N–H and O–H groups in total. The van der Waals surface area contributed by atoms with Crippen LogP contribution in [0.1, 0.15) is 52.2 Å². The molecule has 0 radical (unpaired) electrons. The number of carbonyl (C=O) groups is 1. The molecule has 7 heteroatoms. The average molecular weight is 642 g/mol. The molecule has 0 saturated carbocycles. The van der Waals surface area contributed by atoms with Crippen molar-refractivity contribution in [3.8, 4) is 11.1 Å². The molecule has 0 bridgehead atoms. The van der Waals surface area contributed by atoms with E-state index in [0.717, 1.165) is 58.5 Å². The lowest BCUT2D eigenvalue weighted by Crippen LogP contribution is -2.37. The third-order valence-electron chi connectivity index (χ3n) is 8.59. The second-order valence-corrected chi connectivity index (χ2v) is 12.4. The summed E-state index contributed by atoms with van der Waals surface area (Å²) < 4.78 is 13.3. The Morgan fingerprint density at radius 3 is 2.02 bits per heavy atom. The molecule has 7 nitrogen and oxygen atoms in total. The fraction of sp³-hybridized carbons (Fsp3) is 0.244. The van der Waals surface area contributed by atoms with Crippen molar-refractivity contribution >= 4 is 6.03 Å². The standard InChI is InChI=1S/C41H43N3O4/c1-44(27-31-12-6-3-7-13-31)28-38-24-39(34-20-18-32(29-45)19-21-34)48-40(47-38)37-17-9-16-36(23-37)35-15-8-14-33(22-35)26-43-41(46)42-25-30-10-4-2-5-11-30/h2-23,38-40,45H,24-29H2,1H3,(H2,42,43,46)/t38-,39+,40+/m1/s1. The van der Waals surface area contributed by atoms with E-state index < -0.39 is 6.29 Å². The van der Waals surface area contributed by atoms with Crippen LogP contribution in [-0.2, 0) is 35.7 Å². The van der Waals surface area contributed by atoms with E-state index in [9.17, 15) is 9.90 Å². The zero-order valence-electron chi connectivity index (χ0n) is 27.3. The summed E-state index contributed by atoms with van der Waals surface area (Å²) in [4.78, 5) is 14.7. The van der Waals surface area contributed by atoms with Crippen molar-refractivity contribution in [2.45, 2.75) is 51.2 Å². The number of benzene rings is 5. The van der Waals surface area contributed by atoms with Gasteiger partial charge in [0.25, 0.3) is 0 Å². The lowest BCUT2D eigenvalue weighted by Gasteiger charge is -2.38.